The molecule has 1 aromatic carbocycles. The molecule has 1 aromatic rings. The van der Waals surface area contributed by atoms with Crippen LogP contribution < -0.4 is 5.32 Å². The molecule has 1 aliphatic heterocycles. The molecular weight excluding hydrogens is 261 g/mol. The number of thioether (sulfide) groups is 1. The Morgan fingerprint density at radius 3 is 2.69 bits per heavy atom. The highest BCUT2D eigenvalue weighted by Gasteiger charge is 2.12. The Morgan fingerprint density at radius 2 is 2.06 bits per heavy atom. The van der Waals surface area contributed by atoms with Crippen molar-refractivity contribution in [2.24, 2.45) is 5.92 Å². The number of hydrogen-bond acceptors (Lipinski definition) is 2. The van der Waals surface area contributed by atoms with E-state index < -0.39 is 0 Å². The standard InChI is InChI=1S/C12H16ClNS.ClH/c13-11-3-5-12(6-4-11)15-9-10-2-1-7-14-8-10;/h3-6,10,14H,1-2,7-9H2;1H. The van der Waals surface area contributed by atoms with E-state index in [1.165, 1.54) is 36.6 Å². The molecule has 1 heterocycles. The fourth-order valence-electron chi connectivity index (χ4n) is 1.81. The molecule has 90 valence electrons. The number of halogens is 2. The minimum absolute atomic E-state index is 0. The van der Waals surface area contributed by atoms with E-state index in [1.807, 2.05) is 23.9 Å². The van der Waals surface area contributed by atoms with Gasteiger partial charge in [-0.2, -0.15) is 0 Å². The highest BCUT2D eigenvalue weighted by Crippen LogP contribution is 2.24. The third-order valence-electron chi connectivity index (χ3n) is 2.70. The van der Waals surface area contributed by atoms with E-state index in [-0.39, 0.29) is 12.4 Å². The van der Waals surface area contributed by atoms with Crippen molar-refractivity contribution in [2.75, 3.05) is 18.8 Å². The summed E-state index contributed by atoms with van der Waals surface area (Å²) in [5.74, 6) is 2.05. The normalized spacial score (nSPS) is 20.2. The van der Waals surface area contributed by atoms with E-state index in [1.54, 1.807) is 0 Å². The van der Waals surface area contributed by atoms with Crippen LogP contribution in [-0.2, 0) is 0 Å². The monoisotopic (exact) mass is 277 g/mol. The van der Waals surface area contributed by atoms with Crippen molar-refractivity contribution >= 4 is 35.8 Å². The maximum absolute atomic E-state index is 5.84. The van der Waals surface area contributed by atoms with E-state index >= 15 is 0 Å². The predicted molar refractivity (Wildman–Crippen MR) is 75.0 cm³/mol. The van der Waals surface area contributed by atoms with Gasteiger partial charge >= 0.3 is 0 Å². The van der Waals surface area contributed by atoms with Crippen LogP contribution in [-0.4, -0.2) is 18.8 Å². The first kappa shape index (κ1) is 14.2. The fraction of sp³-hybridized carbons (Fsp3) is 0.500. The largest absolute Gasteiger partial charge is 0.316 e. The SMILES string of the molecule is Cl.Clc1ccc(SCC2CCCNC2)cc1. The van der Waals surface area contributed by atoms with E-state index in [9.17, 15) is 0 Å². The van der Waals surface area contributed by atoms with Crippen LogP contribution >= 0.6 is 35.8 Å². The number of benzene rings is 1. The number of nitrogens with one attached hydrogen (secondary N) is 1. The zero-order valence-electron chi connectivity index (χ0n) is 9.12. The van der Waals surface area contributed by atoms with Crippen molar-refractivity contribution in [3.05, 3.63) is 29.3 Å². The van der Waals surface area contributed by atoms with Crippen LogP contribution in [0.2, 0.25) is 5.02 Å². The van der Waals surface area contributed by atoms with Gasteiger partial charge in [0.25, 0.3) is 0 Å². The van der Waals surface area contributed by atoms with Crippen molar-refractivity contribution in [1.82, 2.24) is 5.32 Å². The van der Waals surface area contributed by atoms with Gasteiger partial charge in [0, 0.05) is 15.7 Å². The average Bonchev–Trinajstić information content (AvgIpc) is 2.30. The smallest absolute Gasteiger partial charge is 0.0406 e. The molecule has 0 aromatic heterocycles. The lowest BCUT2D eigenvalue weighted by atomic mass is 10.0. The second-order valence-electron chi connectivity index (χ2n) is 3.98. The van der Waals surface area contributed by atoms with Crippen LogP contribution in [0.1, 0.15) is 12.8 Å². The van der Waals surface area contributed by atoms with Crippen LogP contribution in [0, 0.1) is 5.92 Å². The molecule has 1 N–H and O–H groups in total. The average molecular weight is 278 g/mol. The molecule has 1 fully saturated rings. The molecule has 4 heteroatoms. The highest BCUT2D eigenvalue weighted by atomic mass is 35.5. The molecule has 0 radical (unpaired) electrons. The highest BCUT2D eigenvalue weighted by molar-refractivity contribution is 7.99. The molecule has 1 nitrogen and oxygen atoms in total. The zero-order chi connectivity index (χ0) is 10.5. The van der Waals surface area contributed by atoms with Crippen LogP contribution in [0.3, 0.4) is 0 Å². The second kappa shape index (κ2) is 7.44. The van der Waals surface area contributed by atoms with Gasteiger partial charge in [-0.05, 0) is 56.1 Å². The Labute approximate surface area is 113 Å². The summed E-state index contributed by atoms with van der Waals surface area (Å²) in [5, 5.41) is 4.26. The second-order valence-corrected chi connectivity index (χ2v) is 5.51. The number of rotatable bonds is 3. The van der Waals surface area contributed by atoms with E-state index in [0.717, 1.165) is 10.9 Å². The first-order chi connectivity index (χ1) is 7.34. The van der Waals surface area contributed by atoms with Crippen molar-refractivity contribution in [3.63, 3.8) is 0 Å². The van der Waals surface area contributed by atoms with Crippen LogP contribution in [0.4, 0.5) is 0 Å². The summed E-state index contributed by atoms with van der Waals surface area (Å²) in [6, 6.07) is 8.12. The van der Waals surface area contributed by atoms with Gasteiger partial charge in [0.15, 0.2) is 0 Å². The van der Waals surface area contributed by atoms with E-state index in [0.29, 0.717) is 0 Å². The molecule has 16 heavy (non-hydrogen) atoms. The Hall–Kier alpha value is 0.110. The third-order valence-corrected chi connectivity index (χ3v) is 4.19. The number of hydrogen-bond donors (Lipinski definition) is 1. The minimum Gasteiger partial charge on any atom is -0.316 e. The maximum Gasteiger partial charge on any atom is 0.0406 e. The van der Waals surface area contributed by atoms with Crippen molar-refractivity contribution in [2.45, 2.75) is 17.7 Å². The summed E-state index contributed by atoms with van der Waals surface area (Å²) in [6.45, 7) is 2.38. The minimum atomic E-state index is 0. The lowest BCUT2D eigenvalue weighted by Crippen LogP contribution is -2.30. The fourth-order valence-corrected chi connectivity index (χ4v) is 2.98. The van der Waals surface area contributed by atoms with Crippen molar-refractivity contribution < 1.29 is 0 Å². The van der Waals surface area contributed by atoms with Gasteiger partial charge in [-0.15, -0.1) is 24.2 Å². The predicted octanol–water partition coefficient (Wildman–Crippen LogP) is 3.85. The van der Waals surface area contributed by atoms with Crippen molar-refractivity contribution in [3.8, 4) is 0 Å². The first-order valence-electron chi connectivity index (χ1n) is 5.44. The molecule has 1 aliphatic rings. The van der Waals surface area contributed by atoms with Gasteiger partial charge < -0.3 is 5.32 Å². The van der Waals surface area contributed by atoms with Gasteiger partial charge in [0.1, 0.15) is 0 Å². The first-order valence-corrected chi connectivity index (χ1v) is 6.80. The summed E-state index contributed by atoms with van der Waals surface area (Å²) in [4.78, 5) is 1.32. The Morgan fingerprint density at radius 1 is 1.31 bits per heavy atom. The summed E-state index contributed by atoms with van der Waals surface area (Å²) < 4.78 is 0. The van der Waals surface area contributed by atoms with Gasteiger partial charge in [0.05, 0.1) is 0 Å². The quantitative estimate of drug-likeness (QED) is 0.843. The summed E-state index contributed by atoms with van der Waals surface area (Å²) in [6.07, 6.45) is 2.69. The third kappa shape index (κ3) is 4.54. The molecule has 0 saturated carbocycles. The van der Waals surface area contributed by atoms with Gasteiger partial charge in [-0.25, -0.2) is 0 Å². The molecule has 0 aliphatic carbocycles. The van der Waals surface area contributed by atoms with Crippen LogP contribution in [0.5, 0.6) is 0 Å². The molecule has 2 rings (SSSR count). The maximum atomic E-state index is 5.84. The molecule has 0 bridgehead atoms. The van der Waals surface area contributed by atoms with Gasteiger partial charge in [-0.1, -0.05) is 11.6 Å². The lowest BCUT2D eigenvalue weighted by molar-refractivity contribution is 0.410. The van der Waals surface area contributed by atoms with Crippen LogP contribution in [0.25, 0.3) is 0 Å². The molecule has 0 spiro atoms. The lowest BCUT2D eigenvalue weighted by Gasteiger charge is -2.22. The van der Waals surface area contributed by atoms with Gasteiger partial charge in [-0.3, -0.25) is 0 Å². The van der Waals surface area contributed by atoms with Gasteiger partial charge in [0.2, 0.25) is 0 Å². The topological polar surface area (TPSA) is 12.0 Å². The molecule has 1 atom stereocenters. The summed E-state index contributed by atoms with van der Waals surface area (Å²) in [5.41, 5.74) is 0. The number of piperidine rings is 1. The Kier molecular flexibility index (Phi) is 6.59. The van der Waals surface area contributed by atoms with Crippen molar-refractivity contribution in [1.29, 1.82) is 0 Å². The summed E-state index contributed by atoms with van der Waals surface area (Å²) >= 11 is 7.78. The summed E-state index contributed by atoms with van der Waals surface area (Å²) in [7, 11) is 0. The molecule has 1 saturated heterocycles. The Bertz CT molecular complexity index is 296. The van der Waals surface area contributed by atoms with Crippen LogP contribution in [0.15, 0.2) is 29.2 Å². The van der Waals surface area contributed by atoms with E-state index in [2.05, 4.69) is 17.4 Å². The molecule has 0 amide bonds. The Balaban J connectivity index is 0.00000128. The van der Waals surface area contributed by atoms with E-state index in [4.69, 9.17) is 11.6 Å². The molecule has 1 unspecified atom stereocenters. The zero-order valence-corrected chi connectivity index (χ0v) is 11.5. The molecular formula is C12H17Cl2NS.